The highest BCUT2D eigenvalue weighted by atomic mass is 32.2. The molecule has 0 aromatic heterocycles. The van der Waals surface area contributed by atoms with E-state index in [0.29, 0.717) is 12.4 Å². The molecule has 1 saturated carbocycles. The van der Waals surface area contributed by atoms with Crippen LogP contribution in [0.2, 0.25) is 0 Å². The van der Waals surface area contributed by atoms with Crippen molar-refractivity contribution in [1.29, 1.82) is 0 Å². The smallest absolute Gasteiger partial charge is 0.241 e. The van der Waals surface area contributed by atoms with Crippen LogP contribution in [0.15, 0.2) is 59.5 Å². The SMILES string of the molecule is CCOc1ccc(S(=O)(=O)NC2(c3ccccc3)CCCC2)cc1. The fraction of sp³-hybridized carbons (Fsp3) is 0.368. The zero-order valence-electron chi connectivity index (χ0n) is 13.9. The summed E-state index contributed by atoms with van der Waals surface area (Å²) in [6, 6.07) is 16.5. The zero-order chi connectivity index (χ0) is 17.0. The van der Waals surface area contributed by atoms with Gasteiger partial charge in [0.05, 0.1) is 17.0 Å². The maximum atomic E-state index is 12.9. The molecule has 5 heteroatoms. The average molecular weight is 345 g/mol. The Hall–Kier alpha value is -1.85. The minimum Gasteiger partial charge on any atom is -0.494 e. The third-order valence-corrected chi connectivity index (χ3v) is 6.11. The molecular formula is C19H23NO3S. The summed E-state index contributed by atoms with van der Waals surface area (Å²) in [4.78, 5) is 0.271. The molecule has 128 valence electrons. The molecule has 0 heterocycles. The van der Waals surface area contributed by atoms with Crippen LogP contribution in [0.1, 0.15) is 38.2 Å². The first-order chi connectivity index (χ1) is 11.6. The normalized spacial score (nSPS) is 16.9. The van der Waals surface area contributed by atoms with Crippen molar-refractivity contribution in [2.24, 2.45) is 0 Å². The number of hydrogen-bond donors (Lipinski definition) is 1. The van der Waals surface area contributed by atoms with Gasteiger partial charge in [0, 0.05) is 0 Å². The van der Waals surface area contributed by atoms with Crippen molar-refractivity contribution in [2.75, 3.05) is 6.61 Å². The lowest BCUT2D eigenvalue weighted by Gasteiger charge is -2.30. The molecule has 3 rings (SSSR count). The molecule has 0 bridgehead atoms. The number of sulfonamides is 1. The standard InChI is InChI=1S/C19H23NO3S/c1-2-23-17-10-12-18(13-11-17)24(21,22)20-19(14-6-7-15-19)16-8-4-3-5-9-16/h3-5,8-13,20H,2,6-7,14-15H2,1H3. The molecule has 0 aliphatic heterocycles. The van der Waals surface area contributed by atoms with Crippen LogP contribution >= 0.6 is 0 Å². The van der Waals surface area contributed by atoms with Crippen molar-refractivity contribution in [3.63, 3.8) is 0 Å². The number of hydrogen-bond acceptors (Lipinski definition) is 3. The van der Waals surface area contributed by atoms with Gasteiger partial charge in [-0.15, -0.1) is 0 Å². The Balaban J connectivity index is 1.89. The summed E-state index contributed by atoms with van der Waals surface area (Å²) in [7, 11) is -3.59. The molecule has 1 aliphatic rings. The Labute approximate surface area is 143 Å². The van der Waals surface area contributed by atoms with Gasteiger partial charge in [-0.05, 0) is 49.6 Å². The Morgan fingerprint density at radius 2 is 1.62 bits per heavy atom. The van der Waals surface area contributed by atoms with Crippen LogP contribution in [-0.2, 0) is 15.6 Å². The van der Waals surface area contributed by atoms with Gasteiger partial charge in [-0.1, -0.05) is 43.2 Å². The van der Waals surface area contributed by atoms with Crippen molar-refractivity contribution in [3.05, 3.63) is 60.2 Å². The summed E-state index contributed by atoms with van der Waals surface area (Å²) in [6.07, 6.45) is 3.71. The van der Waals surface area contributed by atoms with Gasteiger partial charge in [0.15, 0.2) is 0 Å². The van der Waals surface area contributed by atoms with E-state index >= 15 is 0 Å². The van der Waals surface area contributed by atoms with E-state index in [0.717, 1.165) is 31.2 Å². The van der Waals surface area contributed by atoms with Crippen LogP contribution in [0.25, 0.3) is 0 Å². The summed E-state index contributed by atoms with van der Waals surface area (Å²) < 4.78 is 34.1. The van der Waals surface area contributed by atoms with Gasteiger partial charge in [0.1, 0.15) is 5.75 Å². The van der Waals surface area contributed by atoms with E-state index in [4.69, 9.17) is 4.74 Å². The maximum absolute atomic E-state index is 12.9. The fourth-order valence-electron chi connectivity index (χ4n) is 3.38. The molecule has 0 spiro atoms. The van der Waals surface area contributed by atoms with E-state index in [1.165, 1.54) is 0 Å². The Kier molecular flexibility index (Phi) is 4.92. The average Bonchev–Trinajstić information content (AvgIpc) is 3.05. The van der Waals surface area contributed by atoms with E-state index in [9.17, 15) is 8.42 Å². The van der Waals surface area contributed by atoms with Crippen LogP contribution in [0.5, 0.6) is 5.75 Å². The topological polar surface area (TPSA) is 55.4 Å². The van der Waals surface area contributed by atoms with Crippen LogP contribution < -0.4 is 9.46 Å². The van der Waals surface area contributed by atoms with Crippen LogP contribution in [0.4, 0.5) is 0 Å². The number of nitrogens with one attached hydrogen (secondary N) is 1. The van der Waals surface area contributed by atoms with Crippen molar-refractivity contribution in [1.82, 2.24) is 4.72 Å². The summed E-state index contributed by atoms with van der Waals surface area (Å²) in [6.45, 7) is 2.46. The fourth-order valence-corrected chi connectivity index (χ4v) is 4.83. The first-order valence-electron chi connectivity index (χ1n) is 8.38. The highest BCUT2D eigenvalue weighted by Gasteiger charge is 2.39. The second-order valence-electron chi connectivity index (χ2n) is 6.17. The van der Waals surface area contributed by atoms with Crippen LogP contribution in [-0.4, -0.2) is 15.0 Å². The predicted molar refractivity (Wildman–Crippen MR) is 94.5 cm³/mol. The molecule has 0 saturated heterocycles. The molecule has 4 nitrogen and oxygen atoms in total. The van der Waals surface area contributed by atoms with Crippen LogP contribution in [0, 0.1) is 0 Å². The summed E-state index contributed by atoms with van der Waals surface area (Å²) >= 11 is 0. The van der Waals surface area contributed by atoms with Crippen molar-refractivity contribution < 1.29 is 13.2 Å². The van der Waals surface area contributed by atoms with Crippen LogP contribution in [0.3, 0.4) is 0 Å². The van der Waals surface area contributed by atoms with Gasteiger partial charge in [-0.3, -0.25) is 0 Å². The van der Waals surface area contributed by atoms with Gasteiger partial charge < -0.3 is 4.74 Å². The Morgan fingerprint density at radius 3 is 2.21 bits per heavy atom. The molecule has 0 atom stereocenters. The first-order valence-corrected chi connectivity index (χ1v) is 9.86. The first kappa shape index (κ1) is 17.0. The third kappa shape index (κ3) is 3.47. The molecule has 1 fully saturated rings. The number of rotatable bonds is 6. The van der Waals surface area contributed by atoms with E-state index in [2.05, 4.69) is 4.72 Å². The quantitative estimate of drug-likeness (QED) is 0.865. The monoisotopic (exact) mass is 345 g/mol. The molecule has 2 aromatic carbocycles. The van der Waals surface area contributed by atoms with Crippen molar-refractivity contribution >= 4 is 10.0 Å². The van der Waals surface area contributed by atoms with E-state index in [-0.39, 0.29) is 4.90 Å². The highest BCUT2D eigenvalue weighted by Crippen LogP contribution is 2.39. The maximum Gasteiger partial charge on any atom is 0.241 e. The minimum atomic E-state index is -3.59. The predicted octanol–water partition coefficient (Wildman–Crippen LogP) is 3.83. The molecular weight excluding hydrogens is 322 g/mol. The van der Waals surface area contributed by atoms with Gasteiger partial charge in [-0.2, -0.15) is 0 Å². The van der Waals surface area contributed by atoms with Crippen molar-refractivity contribution in [2.45, 2.75) is 43.0 Å². The lowest BCUT2D eigenvalue weighted by Crippen LogP contribution is -2.43. The van der Waals surface area contributed by atoms with Gasteiger partial charge in [-0.25, -0.2) is 13.1 Å². The van der Waals surface area contributed by atoms with E-state index in [1.54, 1.807) is 24.3 Å². The van der Waals surface area contributed by atoms with E-state index in [1.807, 2.05) is 37.3 Å². The third-order valence-electron chi connectivity index (χ3n) is 4.56. The lowest BCUT2D eigenvalue weighted by molar-refractivity contribution is 0.340. The van der Waals surface area contributed by atoms with Gasteiger partial charge >= 0.3 is 0 Å². The Morgan fingerprint density at radius 1 is 1.00 bits per heavy atom. The Bertz CT molecular complexity index is 764. The summed E-state index contributed by atoms with van der Waals surface area (Å²) in [5.41, 5.74) is 0.538. The molecule has 24 heavy (non-hydrogen) atoms. The summed E-state index contributed by atoms with van der Waals surface area (Å²) in [5.74, 6) is 0.676. The van der Waals surface area contributed by atoms with Gasteiger partial charge in [0.2, 0.25) is 10.0 Å². The molecule has 0 amide bonds. The zero-order valence-corrected chi connectivity index (χ0v) is 14.7. The second-order valence-corrected chi connectivity index (χ2v) is 7.85. The van der Waals surface area contributed by atoms with Crippen molar-refractivity contribution in [3.8, 4) is 5.75 Å². The van der Waals surface area contributed by atoms with E-state index < -0.39 is 15.6 Å². The molecule has 1 aliphatic carbocycles. The molecule has 0 unspecified atom stereocenters. The highest BCUT2D eigenvalue weighted by molar-refractivity contribution is 7.89. The number of ether oxygens (including phenoxy) is 1. The molecule has 2 aromatic rings. The number of benzene rings is 2. The lowest BCUT2D eigenvalue weighted by atomic mass is 9.89. The molecule has 1 N–H and O–H groups in total. The summed E-state index contributed by atoms with van der Waals surface area (Å²) in [5, 5.41) is 0. The molecule has 0 radical (unpaired) electrons. The second kappa shape index (κ2) is 6.95. The van der Waals surface area contributed by atoms with Gasteiger partial charge in [0.25, 0.3) is 0 Å². The minimum absolute atomic E-state index is 0.271. The largest absolute Gasteiger partial charge is 0.494 e.